The van der Waals surface area contributed by atoms with E-state index < -0.39 is 183 Å². The van der Waals surface area contributed by atoms with Crippen LogP contribution in [-0.4, -0.2) is 262 Å². The van der Waals surface area contributed by atoms with Gasteiger partial charge >= 0.3 is 0 Å². The lowest BCUT2D eigenvalue weighted by Gasteiger charge is -2.46. The fraction of sp³-hybridized carbons (Fsp3) is 0.557. The van der Waals surface area contributed by atoms with E-state index in [9.17, 15) is 75.3 Å². The summed E-state index contributed by atoms with van der Waals surface area (Å²) >= 11 is 1.88. The number of H-pyrrole nitrogens is 1. The van der Waals surface area contributed by atoms with Gasteiger partial charge in [0.05, 0.1) is 48.2 Å². The molecule has 0 radical (unpaired) electrons. The molecule has 524 valence electrons. The second-order valence-electron chi connectivity index (χ2n) is 23.7. The molecule has 3 fully saturated rings. The van der Waals surface area contributed by atoms with E-state index in [1.54, 1.807) is 66.9 Å². The van der Waals surface area contributed by atoms with Gasteiger partial charge in [-0.1, -0.05) is 76.2 Å². The van der Waals surface area contributed by atoms with E-state index in [1.165, 1.54) is 31.3 Å². The molecule has 19 atom stereocenters. The first-order chi connectivity index (χ1) is 45.2. The number of unbranched alkanes of at least 4 members (excludes halogenated alkanes) is 1. The number of aromatic amines is 1. The Bertz CT molecular complexity index is 3220. The van der Waals surface area contributed by atoms with Crippen LogP contribution >= 0.6 is 44.2 Å². The minimum atomic E-state index is -2.66. The monoisotopic (exact) mass is 1480 g/mol. The van der Waals surface area contributed by atoms with Crippen molar-refractivity contribution in [3.63, 3.8) is 0 Å². The molecule has 95 heavy (non-hydrogen) atoms. The SMILES string of the molecule is CC(O)[C@@H]1NC(=O)[C@H](CCCC[NH3+])NC(=O)[C@@H](Cc2c[nH]c3ccccc23)NC(=O)[C@H](Cc2ccc(O)c([123I])c2)NC(=O)C(NC(=O)C(Cc2ccccc2)[NH2+]CC2(O)OCC(O)[C@@H](O[C@@H]3OC(CO)[C@@H](O)[C@H](O)C3O)C2O)CSSC[C@@H](C(=O)N[C@H](CO)C(C)O)NC1=O. The second-order valence-corrected chi connectivity index (χ2v) is 27.5. The third kappa shape index (κ3) is 20.8. The number of phenolic OH excluding ortho intramolecular Hbond substituents is 1. The number of aliphatic hydroxyl groups excluding tert-OH is 9. The van der Waals surface area contributed by atoms with Gasteiger partial charge in [0.1, 0.15) is 91.3 Å². The van der Waals surface area contributed by atoms with Crippen molar-refractivity contribution < 1.29 is 115 Å². The Morgan fingerprint density at radius 2 is 1.46 bits per heavy atom. The number of carbonyl (C=O) groups is 7. The molecule has 9 unspecified atom stereocenters. The number of aromatic hydroxyl groups is 1. The van der Waals surface area contributed by atoms with E-state index in [4.69, 9.17) is 14.2 Å². The van der Waals surface area contributed by atoms with Gasteiger partial charge in [0.15, 0.2) is 12.3 Å². The van der Waals surface area contributed by atoms with Gasteiger partial charge in [-0.05, 0) is 90.6 Å². The highest BCUT2D eigenvalue weighted by Gasteiger charge is 2.55. The average molecular weight is 1480 g/mol. The van der Waals surface area contributed by atoms with Gasteiger partial charge in [0.25, 0.3) is 5.91 Å². The molecule has 7 rings (SSSR count). The van der Waals surface area contributed by atoms with Gasteiger partial charge in [0, 0.05) is 47.9 Å². The van der Waals surface area contributed by atoms with Crippen LogP contribution in [0.2, 0.25) is 0 Å². The van der Waals surface area contributed by atoms with Crippen LogP contribution in [-0.2, 0) is 67.0 Å². The molecule has 31 nitrogen and oxygen atoms in total. The smallest absolute Gasteiger partial charge is 0.279 e. The van der Waals surface area contributed by atoms with Crippen molar-refractivity contribution in [3.8, 4) is 5.75 Å². The number of halogens is 1. The van der Waals surface area contributed by atoms with Crippen molar-refractivity contribution in [3.05, 3.63) is 99.3 Å². The van der Waals surface area contributed by atoms with E-state index in [-0.39, 0.29) is 42.9 Å². The molecule has 0 saturated carbocycles. The third-order valence-corrected chi connectivity index (χ3v) is 19.8. The van der Waals surface area contributed by atoms with Gasteiger partial charge in [-0.25, -0.2) is 0 Å². The minimum Gasteiger partial charge on any atom is -0.507 e. The summed E-state index contributed by atoms with van der Waals surface area (Å²) in [6, 6.07) is 8.05. The van der Waals surface area contributed by atoms with Gasteiger partial charge in [-0.15, -0.1) is 0 Å². The lowest BCUT2D eigenvalue weighted by molar-refractivity contribution is -0.700. The first kappa shape index (κ1) is 76.5. The average Bonchev–Trinajstić information content (AvgIpc) is 1.82. The lowest BCUT2D eigenvalue weighted by atomic mass is 9.95. The van der Waals surface area contributed by atoms with Crippen LogP contribution in [0.3, 0.4) is 0 Å². The zero-order chi connectivity index (χ0) is 69.3. The maximum atomic E-state index is 15.3. The van der Waals surface area contributed by atoms with Gasteiger partial charge in [-0.2, -0.15) is 0 Å². The number of hydrogen-bond donors (Lipinski definition) is 21. The fourth-order valence-corrected chi connectivity index (χ4v) is 13.8. The van der Waals surface area contributed by atoms with E-state index in [0.717, 1.165) is 21.6 Å². The number of aliphatic hydroxyl groups is 10. The third-order valence-electron chi connectivity index (χ3n) is 16.6. The molecule has 24 N–H and O–H groups in total. The Kier molecular flexibility index (Phi) is 29.1. The predicted octanol–water partition coefficient (Wildman–Crippen LogP) is -6.98. The quantitative estimate of drug-likeness (QED) is 0.0186. The highest BCUT2D eigenvalue weighted by Crippen LogP contribution is 2.31. The summed E-state index contributed by atoms with van der Waals surface area (Å²) in [7, 11) is 1.80. The van der Waals surface area contributed by atoms with Gasteiger partial charge < -0.3 is 124 Å². The molecule has 0 aliphatic carbocycles. The molecular formula is C61H87IN10O21S2+2. The predicted molar refractivity (Wildman–Crippen MR) is 349 cm³/mol. The van der Waals surface area contributed by atoms with Crippen LogP contribution in [0, 0.1) is 3.57 Å². The van der Waals surface area contributed by atoms with Gasteiger partial charge in [-0.3, -0.25) is 33.6 Å². The van der Waals surface area contributed by atoms with Crippen molar-refractivity contribution in [1.82, 2.24) is 42.2 Å². The van der Waals surface area contributed by atoms with Crippen LogP contribution in [0.25, 0.3) is 10.9 Å². The zero-order valence-corrected chi connectivity index (χ0v) is 55.9. The first-order valence-electron chi connectivity index (χ1n) is 31.0. The normalized spacial score (nSPS) is 29.9. The van der Waals surface area contributed by atoms with Crippen LogP contribution in [0.15, 0.2) is 79.0 Å². The summed E-state index contributed by atoms with van der Waals surface area (Å²) in [6.45, 7) is -0.000271. The number of ether oxygens (including phenoxy) is 3. The maximum absolute atomic E-state index is 15.3. The summed E-state index contributed by atoms with van der Waals surface area (Å²) < 4.78 is 17.1. The molecule has 7 amide bonds. The molecule has 1 aromatic heterocycles. The summed E-state index contributed by atoms with van der Waals surface area (Å²) in [5.41, 5.74) is 6.10. The molecule has 0 bridgehead atoms. The fourth-order valence-electron chi connectivity index (χ4n) is 10.9. The number of phenols is 1. The molecule has 3 saturated heterocycles. The Balaban J connectivity index is 1.27. The highest BCUT2D eigenvalue weighted by molar-refractivity contribution is 14.1. The largest absolute Gasteiger partial charge is 0.507 e. The number of para-hydroxylation sites is 1. The van der Waals surface area contributed by atoms with Crippen molar-refractivity contribution in [1.29, 1.82) is 0 Å². The number of benzene rings is 3. The number of fused-ring (bicyclic) bond motifs is 1. The van der Waals surface area contributed by atoms with E-state index in [0.29, 0.717) is 50.5 Å². The highest BCUT2D eigenvalue weighted by atomic mass is 123. The number of amides is 7. The topological polar surface area (TPSA) is 514 Å². The number of quaternary nitrogens is 2. The molecule has 0 spiro atoms. The molecule has 3 aliphatic rings. The Morgan fingerprint density at radius 1 is 0.800 bits per heavy atom. The van der Waals surface area contributed by atoms with Crippen LogP contribution in [0.1, 0.15) is 49.8 Å². The van der Waals surface area contributed by atoms with Crippen LogP contribution < -0.4 is 48.3 Å². The Hall–Kier alpha value is -5.88. The number of carbonyl (C=O) groups excluding carboxylic acids is 7. The van der Waals surface area contributed by atoms with Crippen molar-refractivity contribution in [2.45, 2.75) is 168 Å². The van der Waals surface area contributed by atoms with E-state index >= 15 is 14.4 Å². The molecule has 4 heterocycles. The minimum absolute atomic E-state index is 0.0181. The Labute approximate surface area is 567 Å². The van der Waals surface area contributed by atoms with E-state index in [2.05, 4.69) is 47.9 Å². The molecule has 3 aromatic carbocycles. The number of aromatic nitrogens is 1. The number of hydrogen-bond acceptors (Lipinski definition) is 23. The summed E-state index contributed by atoms with van der Waals surface area (Å²) in [5.74, 6) is -10.1. The number of rotatable bonds is 23. The summed E-state index contributed by atoms with van der Waals surface area (Å²) in [6.07, 6.45) is -15.7. The van der Waals surface area contributed by atoms with Crippen molar-refractivity contribution in [2.24, 2.45) is 0 Å². The van der Waals surface area contributed by atoms with E-state index in [1.807, 2.05) is 22.6 Å². The molecular weight excluding hydrogens is 1400 g/mol. The molecule has 3 aliphatic heterocycles. The first-order valence-corrected chi connectivity index (χ1v) is 34.5. The molecule has 34 heteroatoms. The summed E-state index contributed by atoms with van der Waals surface area (Å²) in [4.78, 5) is 107. The standard InChI is InChI=1S/C61H85IN10O21S2/c1-29(75)41(23-73)69-58(88)43-27-95-94-26-42(70-54(84)38(19-31-10-4-3-5-11-31)65-28-61(90)52(82)51(45(78)25-91-61)93-60-50(81)49(80)48(79)46(24-74)92-60)57(87)67-39(20-32-15-16-44(77)35(62)18-32)55(85)68-40(21-33-22-64-36-13-7-6-12-34(33)36)56(86)66-37(14-8-9-17-63)53(83)72-47(30(2)76)59(89)71-43/h3-7,10-13,15-16,18,22,29-30,37-43,45-52,60,64-65,73-82,90H,8-9,14,17,19-21,23-28,63H2,1-2H3,(H,66,86)(H,67,87)(H,68,85)(H,69,88)(H,70,84)(H,71,89)(H,72,83)/p+2/t29?,30?,37-,38?,39-,40+,41+,42?,43-,45?,46?,47-,48+,49-,50?,51+,52?,60-,61?/m0/s1/i62-4. The van der Waals surface area contributed by atoms with Gasteiger partial charge in [0.2, 0.25) is 41.2 Å². The number of nitrogens with two attached hydrogens (primary N) is 1. The maximum Gasteiger partial charge on any atom is 0.279 e. The lowest BCUT2D eigenvalue weighted by Crippen LogP contribution is -2.97. The molecule has 4 aromatic rings. The number of nitrogens with one attached hydrogen (secondary N) is 8. The van der Waals surface area contributed by atoms with Crippen LogP contribution in [0.5, 0.6) is 5.75 Å². The van der Waals surface area contributed by atoms with Crippen molar-refractivity contribution in [2.75, 3.05) is 44.4 Å². The summed E-state index contributed by atoms with van der Waals surface area (Å²) in [5, 5.41) is 139. The zero-order valence-electron chi connectivity index (χ0n) is 52.1. The Morgan fingerprint density at radius 3 is 2.14 bits per heavy atom. The van der Waals surface area contributed by atoms with Crippen LogP contribution in [0.4, 0.5) is 0 Å². The van der Waals surface area contributed by atoms with Crippen molar-refractivity contribution >= 4 is 96.4 Å². The second kappa shape index (κ2) is 36.1.